The van der Waals surface area contributed by atoms with Gasteiger partial charge in [0, 0.05) is 13.1 Å². The molecular weight excluding hydrogens is 333 g/mol. The fourth-order valence-corrected chi connectivity index (χ4v) is 2.73. The van der Waals surface area contributed by atoms with Crippen LogP contribution in [0.2, 0.25) is 0 Å². The summed E-state index contributed by atoms with van der Waals surface area (Å²) in [5.74, 6) is 1.35. The zero-order chi connectivity index (χ0) is 12.4. The van der Waals surface area contributed by atoms with Gasteiger partial charge in [-0.05, 0) is 35.1 Å². The van der Waals surface area contributed by atoms with Crippen molar-refractivity contribution in [2.75, 3.05) is 25.1 Å². The largest absolute Gasteiger partial charge is 0.495 e. The molecular formula is C11H14IN3O2. The minimum absolute atomic E-state index is 0.0605. The number of methoxy groups -OCH3 is 1. The number of anilines is 1. The van der Waals surface area contributed by atoms with Crippen molar-refractivity contribution in [1.29, 1.82) is 0 Å². The van der Waals surface area contributed by atoms with Crippen LogP contribution in [0.4, 0.5) is 5.82 Å². The van der Waals surface area contributed by atoms with E-state index in [1.807, 2.05) is 6.07 Å². The molecule has 1 aliphatic heterocycles. The van der Waals surface area contributed by atoms with Crippen molar-refractivity contribution in [1.82, 2.24) is 4.98 Å². The second-order valence-electron chi connectivity index (χ2n) is 4.01. The molecule has 2 rings (SSSR count). The topological polar surface area (TPSA) is 68.4 Å². The molecule has 2 N–H and O–H groups in total. The molecule has 17 heavy (non-hydrogen) atoms. The Morgan fingerprint density at radius 2 is 2.47 bits per heavy atom. The van der Waals surface area contributed by atoms with Crippen LogP contribution in [0.25, 0.3) is 0 Å². The zero-order valence-corrected chi connectivity index (χ0v) is 11.7. The first-order chi connectivity index (χ1) is 8.11. The van der Waals surface area contributed by atoms with Crippen LogP contribution in [0.5, 0.6) is 5.75 Å². The second kappa shape index (κ2) is 5.07. The fourth-order valence-electron chi connectivity index (χ4n) is 1.94. The minimum atomic E-state index is -0.226. The third-order valence-electron chi connectivity index (χ3n) is 2.92. The van der Waals surface area contributed by atoms with E-state index in [0.29, 0.717) is 6.54 Å². The molecule has 0 saturated carbocycles. The van der Waals surface area contributed by atoms with E-state index in [9.17, 15) is 4.79 Å². The molecule has 0 radical (unpaired) electrons. The van der Waals surface area contributed by atoms with E-state index in [2.05, 4.69) is 32.5 Å². The molecule has 5 nitrogen and oxygen atoms in total. The lowest BCUT2D eigenvalue weighted by Gasteiger charge is -2.18. The van der Waals surface area contributed by atoms with Crippen molar-refractivity contribution < 1.29 is 9.53 Å². The van der Waals surface area contributed by atoms with Gasteiger partial charge in [0.25, 0.3) is 0 Å². The molecule has 6 heteroatoms. The number of amides is 1. The van der Waals surface area contributed by atoms with Crippen LogP contribution in [0, 0.1) is 9.49 Å². The van der Waals surface area contributed by atoms with E-state index < -0.39 is 0 Å². The number of nitrogens with two attached hydrogens (primary N) is 1. The number of aromatic nitrogens is 1. The summed E-state index contributed by atoms with van der Waals surface area (Å²) in [6.07, 6.45) is 2.49. The molecule has 1 amide bonds. The van der Waals surface area contributed by atoms with Crippen LogP contribution in [-0.4, -0.2) is 31.1 Å². The average molecular weight is 347 g/mol. The van der Waals surface area contributed by atoms with E-state index in [1.165, 1.54) is 0 Å². The Balaban J connectivity index is 2.16. The van der Waals surface area contributed by atoms with Crippen molar-refractivity contribution in [2.45, 2.75) is 6.42 Å². The minimum Gasteiger partial charge on any atom is -0.495 e. The van der Waals surface area contributed by atoms with Crippen molar-refractivity contribution in [3.05, 3.63) is 15.8 Å². The number of rotatable bonds is 3. The number of pyridine rings is 1. The summed E-state index contributed by atoms with van der Waals surface area (Å²) in [5, 5.41) is 0. The Hall–Kier alpha value is -1.05. The monoisotopic (exact) mass is 347 g/mol. The fraction of sp³-hybridized carbons (Fsp3) is 0.455. The van der Waals surface area contributed by atoms with Crippen molar-refractivity contribution in [2.24, 2.45) is 11.7 Å². The molecule has 0 spiro atoms. The van der Waals surface area contributed by atoms with Crippen LogP contribution in [0.3, 0.4) is 0 Å². The van der Waals surface area contributed by atoms with Gasteiger partial charge in [0.15, 0.2) is 0 Å². The lowest BCUT2D eigenvalue weighted by atomic mass is 10.1. The third kappa shape index (κ3) is 2.62. The summed E-state index contributed by atoms with van der Waals surface area (Å²) in [5.41, 5.74) is 5.31. The van der Waals surface area contributed by atoms with Gasteiger partial charge in [-0.1, -0.05) is 0 Å². The van der Waals surface area contributed by atoms with E-state index in [-0.39, 0.29) is 11.8 Å². The SMILES string of the molecule is COc1cnc(N2CCC(C(N)=O)C2)c(I)c1. The first-order valence-electron chi connectivity index (χ1n) is 5.35. The molecule has 1 saturated heterocycles. The highest BCUT2D eigenvalue weighted by Crippen LogP contribution is 2.28. The van der Waals surface area contributed by atoms with Crippen molar-refractivity contribution >= 4 is 34.3 Å². The highest BCUT2D eigenvalue weighted by atomic mass is 127. The normalized spacial score (nSPS) is 19.4. The molecule has 1 atom stereocenters. The van der Waals surface area contributed by atoms with E-state index in [1.54, 1.807) is 13.3 Å². The van der Waals surface area contributed by atoms with Crippen LogP contribution in [0.15, 0.2) is 12.3 Å². The predicted molar refractivity (Wildman–Crippen MR) is 73.0 cm³/mol. The van der Waals surface area contributed by atoms with Gasteiger partial charge in [-0.25, -0.2) is 4.98 Å². The van der Waals surface area contributed by atoms with Crippen LogP contribution < -0.4 is 15.4 Å². The first kappa shape index (κ1) is 12.4. The van der Waals surface area contributed by atoms with Crippen molar-refractivity contribution in [3.63, 3.8) is 0 Å². The number of primary amides is 1. The zero-order valence-electron chi connectivity index (χ0n) is 9.52. The maximum absolute atomic E-state index is 11.1. The molecule has 0 aliphatic carbocycles. The number of hydrogen-bond donors (Lipinski definition) is 1. The van der Waals surface area contributed by atoms with Gasteiger partial charge in [-0.2, -0.15) is 0 Å². The molecule has 1 fully saturated rings. The van der Waals surface area contributed by atoms with Gasteiger partial charge >= 0.3 is 0 Å². The first-order valence-corrected chi connectivity index (χ1v) is 6.43. The number of carbonyl (C=O) groups excluding carboxylic acids is 1. The summed E-state index contributed by atoms with van der Waals surface area (Å²) in [6.45, 7) is 1.48. The predicted octanol–water partition coefficient (Wildman–Crippen LogP) is 1.01. The second-order valence-corrected chi connectivity index (χ2v) is 5.18. The van der Waals surface area contributed by atoms with Gasteiger partial charge < -0.3 is 15.4 Å². The Bertz CT molecular complexity index is 439. The summed E-state index contributed by atoms with van der Waals surface area (Å²) in [6, 6.07) is 1.93. The van der Waals surface area contributed by atoms with Gasteiger partial charge in [0.2, 0.25) is 5.91 Å². The Kier molecular flexibility index (Phi) is 3.70. The molecule has 1 aromatic rings. The summed E-state index contributed by atoms with van der Waals surface area (Å²) in [7, 11) is 1.62. The Labute approximate surface area is 113 Å². The van der Waals surface area contributed by atoms with E-state index in [4.69, 9.17) is 10.5 Å². The molecule has 0 aromatic carbocycles. The lowest BCUT2D eigenvalue weighted by molar-refractivity contribution is -0.121. The van der Waals surface area contributed by atoms with Crippen LogP contribution >= 0.6 is 22.6 Å². The van der Waals surface area contributed by atoms with Gasteiger partial charge in [0.05, 0.1) is 22.8 Å². The molecule has 1 aromatic heterocycles. The van der Waals surface area contributed by atoms with Gasteiger partial charge in [0.1, 0.15) is 11.6 Å². The lowest BCUT2D eigenvalue weighted by Crippen LogP contribution is -2.28. The average Bonchev–Trinajstić information content (AvgIpc) is 2.78. The number of hydrogen-bond acceptors (Lipinski definition) is 4. The van der Waals surface area contributed by atoms with Gasteiger partial charge in [-0.3, -0.25) is 4.79 Å². The van der Waals surface area contributed by atoms with E-state index >= 15 is 0 Å². The smallest absolute Gasteiger partial charge is 0.222 e. The Morgan fingerprint density at radius 3 is 3.00 bits per heavy atom. The highest BCUT2D eigenvalue weighted by molar-refractivity contribution is 14.1. The molecule has 2 heterocycles. The molecule has 0 bridgehead atoms. The molecule has 1 unspecified atom stereocenters. The van der Waals surface area contributed by atoms with Crippen LogP contribution in [0.1, 0.15) is 6.42 Å². The number of nitrogens with zero attached hydrogens (tertiary/aromatic N) is 2. The van der Waals surface area contributed by atoms with Crippen molar-refractivity contribution in [3.8, 4) is 5.75 Å². The number of ether oxygens (including phenoxy) is 1. The standard InChI is InChI=1S/C11H14IN3O2/c1-17-8-4-9(12)11(14-5-8)15-3-2-7(6-15)10(13)16/h4-5,7H,2-3,6H2,1H3,(H2,13,16). The molecule has 1 aliphatic rings. The summed E-state index contributed by atoms with van der Waals surface area (Å²) in [4.78, 5) is 17.6. The number of carbonyl (C=O) groups is 1. The quantitative estimate of drug-likeness (QED) is 0.829. The van der Waals surface area contributed by atoms with Crippen LogP contribution in [-0.2, 0) is 4.79 Å². The summed E-state index contributed by atoms with van der Waals surface area (Å²) >= 11 is 2.22. The van der Waals surface area contributed by atoms with Gasteiger partial charge in [-0.15, -0.1) is 0 Å². The Morgan fingerprint density at radius 1 is 1.71 bits per heavy atom. The summed E-state index contributed by atoms with van der Waals surface area (Å²) < 4.78 is 6.13. The third-order valence-corrected chi connectivity index (χ3v) is 3.72. The van der Waals surface area contributed by atoms with E-state index in [0.717, 1.165) is 28.1 Å². The maximum Gasteiger partial charge on any atom is 0.222 e. The highest BCUT2D eigenvalue weighted by Gasteiger charge is 2.28. The number of halogens is 1. The molecule has 92 valence electrons. The maximum atomic E-state index is 11.1.